The highest BCUT2D eigenvalue weighted by atomic mass is 16.6. The lowest BCUT2D eigenvalue weighted by molar-refractivity contribution is -0.153. The molecule has 0 bridgehead atoms. The van der Waals surface area contributed by atoms with Crippen molar-refractivity contribution in [3.05, 3.63) is 29.2 Å². The number of hydrogen-bond donors (Lipinski definition) is 0. The molecule has 0 N–H and O–H groups in total. The normalized spacial score (nSPS) is 22.6. The van der Waals surface area contributed by atoms with Crippen LogP contribution in [-0.2, 0) is 14.3 Å². The van der Waals surface area contributed by atoms with Crippen molar-refractivity contribution in [2.75, 3.05) is 0 Å². The maximum absolute atomic E-state index is 11.8. The number of ether oxygens (including phenoxy) is 1. The van der Waals surface area contributed by atoms with E-state index in [4.69, 9.17) is 9.15 Å². The molecule has 0 radical (unpaired) electrons. The zero-order valence-corrected chi connectivity index (χ0v) is 10.9. The Morgan fingerprint density at radius 1 is 1.33 bits per heavy atom. The summed E-state index contributed by atoms with van der Waals surface area (Å²) in [5, 5.41) is 0. The fourth-order valence-corrected chi connectivity index (χ4v) is 2.24. The van der Waals surface area contributed by atoms with Crippen molar-refractivity contribution in [2.45, 2.75) is 27.7 Å². The first-order chi connectivity index (χ1) is 8.41. The van der Waals surface area contributed by atoms with Gasteiger partial charge in [0.25, 0.3) is 0 Å². The Kier molecular flexibility index (Phi) is 3.11. The zero-order chi connectivity index (χ0) is 13.4. The Balaban J connectivity index is 2.52. The molecule has 1 fully saturated rings. The third kappa shape index (κ3) is 1.98. The number of esters is 2. The summed E-state index contributed by atoms with van der Waals surface area (Å²) in [6.45, 7) is 7.45. The number of cyclic esters (lactones) is 2. The van der Waals surface area contributed by atoms with E-state index >= 15 is 0 Å². The molecule has 0 spiro atoms. The minimum absolute atomic E-state index is 0.0295. The second-order valence-electron chi connectivity index (χ2n) is 4.91. The first kappa shape index (κ1) is 12.6. The number of carbonyl (C=O) groups is 2. The van der Waals surface area contributed by atoms with E-state index in [0.29, 0.717) is 5.57 Å². The molecule has 18 heavy (non-hydrogen) atoms. The van der Waals surface area contributed by atoms with Gasteiger partial charge in [-0.15, -0.1) is 0 Å². The van der Waals surface area contributed by atoms with Crippen molar-refractivity contribution >= 4 is 17.5 Å². The van der Waals surface area contributed by atoms with Crippen LogP contribution < -0.4 is 0 Å². The third-order valence-corrected chi connectivity index (χ3v) is 3.21. The van der Waals surface area contributed by atoms with Crippen molar-refractivity contribution in [3.8, 4) is 0 Å². The van der Waals surface area contributed by atoms with E-state index < -0.39 is 17.9 Å². The molecule has 1 aliphatic rings. The maximum Gasteiger partial charge on any atom is 0.342 e. The number of rotatable bonds is 2. The van der Waals surface area contributed by atoms with E-state index in [0.717, 1.165) is 16.9 Å². The van der Waals surface area contributed by atoms with E-state index in [9.17, 15) is 9.59 Å². The summed E-state index contributed by atoms with van der Waals surface area (Å²) in [6.07, 6.45) is 1.59. The van der Waals surface area contributed by atoms with Gasteiger partial charge in [0.05, 0.1) is 17.8 Å². The van der Waals surface area contributed by atoms with Crippen LogP contribution in [0.25, 0.3) is 5.57 Å². The number of aryl methyl sites for hydroxylation is 1. The van der Waals surface area contributed by atoms with E-state index in [1.54, 1.807) is 6.26 Å². The Morgan fingerprint density at radius 2 is 2.00 bits per heavy atom. The van der Waals surface area contributed by atoms with Crippen LogP contribution in [0.15, 0.2) is 22.3 Å². The monoisotopic (exact) mass is 248 g/mol. The number of hydrogen-bond acceptors (Lipinski definition) is 4. The Hall–Kier alpha value is -1.84. The van der Waals surface area contributed by atoms with Gasteiger partial charge in [-0.25, -0.2) is 4.79 Å². The van der Waals surface area contributed by atoms with Crippen molar-refractivity contribution in [1.29, 1.82) is 0 Å². The third-order valence-electron chi connectivity index (χ3n) is 3.21. The molecule has 1 saturated heterocycles. The molecule has 4 nitrogen and oxygen atoms in total. The summed E-state index contributed by atoms with van der Waals surface area (Å²) in [4.78, 5) is 23.5. The number of allylic oxidation sites excluding steroid dienone is 1. The van der Waals surface area contributed by atoms with Crippen LogP contribution in [0.2, 0.25) is 0 Å². The quantitative estimate of drug-likeness (QED) is 0.458. The van der Waals surface area contributed by atoms with Gasteiger partial charge in [-0.05, 0) is 31.4 Å². The van der Waals surface area contributed by atoms with Crippen molar-refractivity contribution < 1.29 is 18.7 Å². The maximum atomic E-state index is 11.8. The Morgan fingerprint density at radius 3 is 2.50 bits per heavy atom. The fourth-order valence-electron chi connectivity index (χ4n) is 2.24. The van der Waals surface area contributed by atoms with E-state index in [2.05, 4.69) is 0 Å². The van der Waals surface area contributed by atoms with Crippen molar-refractivity contribution in [1.82, 2.24) is 0 Å². The van der Waals surface area contributed by atoms with Crippen LogP contribution in [0.4, 0.5) is 0 Å². The lowest BCUT2D eigenvalue weighted by atomic mass is 9.86. The molecule has 0 aliphatic carbocycles. The molecule has 1 aromatic rings. The number of carbonyl (C=O) groups excluding carboxylic acids is 2. The topological polar surface area (TPSA) is 56.5 Å². The second-order valence-corrected chi connectivity index (χ2v) is 4.91. The van der Waals surface area contributed by atoms with Crippen LogP contribution in [0, 0.1) is 18.8 Å². The molecule has 4 heteroatoms. The van der Waals surface area contributed by atoms with Gasteiger partial charge in [0, 0.05) is 5.56 Å². The number of furan rings is 1. The molecule has 1 atom stereocenters. The SMILES string of the molecule is C/C(=C1\C(=O)OC(=O)C1C(C)C)c1coc(C)c1. The van der Waals surface area contributed by atoms with E-state index in [1.165, 1.54) is 0 Å². The highest BCUT2D eigenvalue weighted by molar-refractivity contribution is 6.12. The first-order valence-corrected chi connectivity index (χ1v) is 5.94. The van der Waals surface area contributed by atoms with Gasteiger partial charge < -0.3 is 9.15 Å². The van der Waals surface area contributed by atoms with Crippen molar-refractivity contribution in [2.24, 2.45) is 11.8 Å². The predicted molar refractivity (Wildman–Crippen MR) is 65.5 cm³/mol. The summed E-state index contributed by atoms with van der Waals surface area (Å²) >= 11 is 0. The van der Waals surface area contributed by atoms with Crippen LogP contribution >= 0.6 is 0 Å². The van der Waals surface area contributed by atoms with Gasteiger partial charge in [0.15, 0.2) is 0 Å². The minimum Gasteiger partial charge on any atom is -0.469 e. The molecule has 1 unspecified atom stereocenters. The smallest absolute Gasteiger partial charge is 0.342 e. The first-order valence-electron chi connectivity index (χ1n) is 5.94. The fraction of sp³-hybridized carbons (Fsp3) is 0.429. The van der Waals surface area contributed by atoms with Gasteiger partial charge >= 0.3 is 11.9 Å². The molecular weight excluding hydrogens is 232 g/mol. The van der Waals surface area contributed by atoms with Gasteiger partial charge in [0.2, 0.25) is 0 Å². The molecule has 0 saturated carbocycles. The summed E-state index contributed by atoms with van der Waals surface area (Å²) in [5.74, 6) is -0.669. The van der Waals surface area contributed by atoms with Crippen LogP contribution in [0.3, 0.4) is 0 Å². The lowest BCUT2D eigenvalue weighted by Gasteiger charge is -2.12. The summed E-state index contributed by atoms with van der Waals surface area (Å²) < 4.78 is 9.96. The highest BCUT2D eigenvalue weighted by Gasteiger charge is 2.42. The average Bonchev–Trinajstić information content (AvgIpc) is 2.81. The van der Waals surface area contributed by atoms with Gasteiger partial charge in [-0.1, -0.05) is 13.8 Å². The van der Waals surface area contributed by atoms with Gasteiger partial charge in [-0.3, -0.25) is 4.79 Å². The van der Waals surface area contributed by atoms with Crippen LogP contribution in [0.1, 0.15) is 32.1 Å². The summed E-state index contributed by atoms with van der Waals surface area (Å²) in [6, 6.07) is 1.84. The minimum atomic E-state index is -0.532. The molecule has 0 aromatic carbocycles. The van der Waals surface area contributed by atoms with Gasteiger partial charge in [-0.2, -0.15) is 0 Å². The van der Waals surface area contributed by atoms with Crippen LogP contribution in [0.5, 0.6) is 0 Å². The standard InChI is InChI=1S/C14H16O4/c1-7(2)11-12(14(16)18-13(11)15)9(4)10-5-8(3)17-6-10/h5-7,11H,1-4H3/b12-9+. The highest BCUT2D eigenvalue weighted by Crippen LogP contribution is 2.35. The average molecular weight is 248 g/mol. The molecule has 1 aromatic heterocycles. The predicted octanol–water partition coefficient (Wildman–Crippen LogP) is 2.72. The molecule has 96 valence electrons. The van der Waals surface area contributed by atoms with E-state index in [-0.39, 0.29) is 5.92 Å². The Bertz CT molecular complexity index is 534. The second kappa shape index (κ2) is 4.44. The zero-order valence-electron chi connectivity index (χ0n) is 10.9. The largest absolute Gasteiger partial charge is 0.469 e. The summed E-state index contributed by atoms with van der Waals surface area (Å²) in [5.41, 5.74) is 2.03. The lowest BCUT2D eigenvalue weighted by Crippen LogP contribution is -2.16. The molecule has 1 aliphatic heterocycles. The molecule has 2 heterocycles. The van der Waals surface area contributed by atoms with E-state index in [1.807, 2.05) is 33.8 Å². The summed E-state index contributed by atoms with van der Waals surface area (Å²) in [7, 11) is 0. The molecule has 2 rings (SSSR count). The molecular formula is C14H16O4. The molecule has 0 amide bonds. The Labute approximate surface area is 106 Å². The van der Waals surface area contributed by atoms with Gasteiger partial charge in [0.1, 0.15) is 5.76 Å². The van der Waals surface area contributed by atoms with Crippen molar-refractivity contribution in [3.63, 3.8) is 0 Å². The van der Waals surface area contributed by atoms with Crippen LogP contribution in [-0.4, -0.2) is 11.9 Å².